The summed E-state index contributed by atoms with van der Waals surface area (Å²) in [6.07, 6.45) is -2.50. The van der Waals surface area contributed by atoms with Crippen LogP contribution < -0.4 is 4.72 Å². The molecule has 0 saturated heterocycles. The van der Waals surface area contributed by atoms with Gasteiger partial charge in [0.15, 0.2) is 0 Å². The predicted molar refractivity (Wildman–Crippen MR) is 51.2 cm³/mol. The van der Waals surface area contributed by atoms with E-state index in [4.69, 9.17) is 0 Å². The number of aromatic nitrogens is 1. The lowest BCUT2D eigenvalue weighted by atomic mass is 10.2. The highest BCUT2D eigenvalue weighted by Gasteiger charge is 2.40. The maximum atomic E-state index is 12.4. The van der Waals surface area contributed by atoms with E-state index < -0.39 is 22.2 Å². The van der Waals surface area contributed by atoms with Crippen molar-refractivity contribution in [1.82, 2.24) is 9.71 Å². The number of hydrogen-bond donors (Lipinski definition) is 2. The van der Waals surface area contributed by atoms with Gasteiger partial charge in [0.2, 0.25) is 10.0 Å². The first-order chi connectivity index (χ1) is 7.27. The minimum Gasteiger partial charge on any atom is -0.366 e. The van der Waals surface area contributed by atoms with E-state index in [1.807, 2.05) is 0 Å². The zero-order chi connectivity index (χ0) is 12.4. The quantitative estimate of drug-likeness (QED) is 0.860. The fourth-order valence-electron chi connectivity index (χ4n) is 1.11. The molecule has 16 heavy (non-hydrogen) atoms. The Morgan fingerprint density at radius 1 is 1.50 bits per heavy atom. The molecule has 1 atom stereocenters. The number of hydrogen-bond acceptors (Lipinski definition) is 2. The van der Waals surface area contributed by atoms with Gasteiger partial charge in [0.1, 0.15) is 6.04 Å². The SMILES string of the molecule is CC[C@@H](NS(=O)(=O)c1cc[nH]c1)C(F)(F)F. The number of halogens is 3. The molecule has 1 heterocycles. The number of H-pyrrole nitrogens is 1. The van der Waals surface area contributed by atoms with Crippen molar-refractivity contribution in [1.29, 1.82) is 0 Å². The first-order valence-corrected chi connectivity index (χ1v) is 5.97. The second-order valence-electron chi connectivity index (χ2n) is 3.17. The lowest BCUT2D eigenvalue weighted by molar-refractivity contribution is -0.151. The molecule has 8 heteroatoms. The number of aromatic amines is 1. The van der Waals surface area contributed by atoms with E-state index in [0.29, 0.717) is 0 Å². The summed E-state index contributed by atoms with van der Waals surface area (Å²) >= 11 is 0. The van der Waals surface area contributed by atoms with E-state index in [9.17, 15) is 21.6 Å². The fourth-order valence-corrected chi connectivity index (χ4v) is 2.39. The average molecular weight is 256 g/mol. The third-order valence-electron chi connectivity index (χ3n) is 1.98. The molecule has 1 aromatic rings. The van der Waals surface area contributed by atoms with Gasteiger partial charge in [-0.25, -0.2) is 8.42 Å². The Morgan fingerprint density at radius 2 is 2.12 bits per heavy atom. The summed E-state index contributed by atoms with van der Waals surface area (Å²) in [6.45, 7) is 1.26. The zero-order valence-corrected chi connectivity index (χ0v) is 9.19. The molecule has 0 unspecified atom stereocenters. The molecular weight excluding hydrogens is 245 g/mol. The standard InChI is InChI=1S/C8H11F3N2O2S/c1-2-7(8(9,10)11)13-16(14,15)6-3-4-12-5-6/h3-5,7,12-13H,2H2,1H3/t7-/m1/s1. The molecular formula is C8H11F3N2O2S. The van der Waals surface area contributed by atoms with Crippen molar-refractivity contribution in [3.63, 3.8) is 0 Å². The third-order valence-corrected chi connectivity index (χ3v) is 3.45. The highest BCUT2D eigenvalue weighted by molar-refractivity contribution is 7.89. The third kappa shape index (κ3) is 2.99. The Hall–Kier alpha value is -1.02. The van der Waals surface area contributed by atoms with Crippen LogP contribution in [0.15, 0.2) is 23.4 Å². The minimum absolute atomic E-state index is 0.213. The Labute approximate surface area is 90.9 Å². The smallest absolute Gasteiger partial charge is 0.366 e. The minimum atomic E-state index is -4.59. The molecule has 0 radical (unpaired) electrons. The molecule has 4 nitrogen and oxygen atoms in total. The van der Waals surface area contributed by atoms with Crippen LogP contribution in [0.4, 0.5) is 13.2 Å². The van der Waals surface area contributed by atoms with E-state index in [1.165, 1.54) is 19.2 Å². The molecule has 0 spiro atoms. The number of sulfonamides is 1. The van der Waals surface area contributed by atoms with Gasteiger partial charge >= 0.3 is 6.18 Å². The normalized spacial score (nSPS) is 15.0. The lowest BCUT2D eigenvalue weighted by Crippen LogP contribution is -2.44. The molecule has 0 aliphatic rings. The van der Waals surface area contributed by atoms with Gasteiger partial charge in [-0.1, -0.05) is 6.92 Å². The van der Waals surface area contributed by atoms with Crippen LogP contribution in [0.5, 0.6) is 0 Å². The van der Waals surface area contributed by atoms with Crippen LogP contribution in [-0.4, -0.2) is 25.6 Å². The molecule has 92 valence electrons. The van der Waals surface area contributed by atoms with E-state index >= 15 is 0 Å². The second-order valence-corrected chi connectivity index (χ2v) is 4.88. The Bertz CT molecular complexity index is 425. The molecule has 0 amide bonds. The lowest BCUT2D eigenvalue weighted by Gasteiger charge is -2.19. The van der Waals surface area contributed by atoms with E-state index in [2.05, 4.69) is 4.98 Å². The van der Waals surface area contributed by atoms with Crippen molar-refractivity contribution in [2.24, 2.45) is 0 Å². The molecule has 1 rings (SSSR count). The Kier molecular flexibility index (Phi) is 3.64. The zero-order valence-electron chi connectivity index (χ0n) is 8.38. The van der Waals surface area contributed by atoms with E-state index in [-0.39, 0.29) is 11.3 Å². The van der Waals surface area contributed by atoms with Crippen LogP contribution in [0, 0.1) is 0 Å². The van der Waals surface area contributed by atoms with Crippen molar-refractivity contribution in [3.05, 3.63) is 18.5 Å². The highest BCUT2D eigenvalue weighted by atomic mass is 32.2. The summed E-state index contributed by atoms with van der Waals surface area (Å²) in [4.78, 5) is 2.25. The maximum absolute atomic E-state index is 12.4. The number of nitrogens with one attached hydrogen (secondary N) is 2. The molecule has 2 N–H and O–H groups in total. The predicted octanol–water partition coefficient (Wildman–Crippen LogP) is 1.63. The van der Waals surface area contributed by atoms with Crippen LogP contribution in [0.25, 0.3) is 0 Å². The summed E-state index contributed by atoms with van der Waals surface area (Å²) in [5.74, 6) is 0. The van der Waals surface area contributed by atoms with Crippen molar-refractivity contribution in [3.8, 4) is 0 Å². The Balaban J connectivity index is 2.88. The molecule has 0 aliphatic carbocycles. The summed E-state index contributed by atoms with van der Waals surface area (Å²) in [6, 6.07) is -0.877. The molecule has 0 aliphatic heterocycles. The van der Waals surface area contributed by atoms with Crippen molar-refractivity contribution in [2.45, 2.75) is 30.5 Å². The maximum Gasteiger partial charge on any atom is 0.404 e. The molecule has 0 bridgehead atoms. The van der Waals surface area contributed by atoms with Crippen LogP contribution in [0.3, 0.4) is 0 Å². The summed E-state index contributed by atoms with van der Waals surface area (Å²) < 4.78 is 61.6. The van der Waals surface area contributed by atoms with Gasteiger partial charge in [-0.3, -0.25) is 0 Å². The van der Waals surface area contributed by atoms with Gasteiger partial charge in [-0.15, -0.1) is 0 Å². The number of alkyl halides is 3. The number of rotatable bonds is 4. The first-order valence-electron chi connectivity index (χ1n) is 4.49. The summed E-state index contributed by atoms with van der Waals surface area (Å²) in [5, 5.41) is 0. The van der Waals surface area contributed by atoms with Crippen LogP contribution in [-0.2, 0) is 10.0 Å². The molecule has 0 saturated carbocycles. The monoisotopic (exact) mass is 256 g/mol. The highest BCUT2D eigenvalue weighted by Crippen LogP contribution is 2.23. The van der Waals surface area contributed by atoms with Crippen molar-refractivity contribution >= 4 is 10.0 Å². The van der Waals surface area contributed by atoms with Gasteiger partial charge in [0.25, 0.3) is 0 Å². The van der Waals surface area contributed by atoms with Crippen LogP contribution in [0.1, 0.15) is 13.3 Å². The van der Waals surface area contributed by atoms with Crippen molar-refractivity contribution < 1.29 is 21.6 Å². The van der Waals surface area contributed by atoms with Gasteiger partial charge in [-0.2, -0.15) is 17.9 Å². The van der Waals surface area contributed by atoms with Gasteiger partial charge in [-0.05, 0) is 12.5 Å². The topological polar surface area (TPSA) is 62.0 Å². The van der Waals surface area contributed by atoms with E-state index in [1.54, 1.807) is 4.72 Å². The van der Waals surface area contributed by atoms with Crippen LogP contribution >= 0.6 is 0 Å². The summed E-state index contributed by atoms with van der Waals surface area (Å²) in [7, 11) is -4.11. The second kappa shape index (κ2) is 4.46. The summed E-state index contributed by atoms with van der Waals surface area (Å²) in [5.41, 5.74) is 0. The Morgan fingerprint density at radius 3 is 2.50 bits per heavy atom. The van der Waals surface area contributed by atoms with Crippen molar-refractivity contribution in [2.75, 3.05) is 0 Å². The molecule has 0 fully saturated rings. The fraction of sp³-hybridized carbons (Fsp3) is 0.500. The average Bonchev–Trinajstić information content (AvgIpc) is 2.65. The van der Waals surface area contributed by atoms with E-state index in [0.717, 1.165) is 6.20 Å². The van der Waals surface area contributed by atoms with Gasteiger partial charge in [0.05, 0.1) is 4.90 Å². The van der Waals surface area contributed by atoms with Crippen LogP contribution in [0.2, 0.25) is 0 Å². The van der Waals surface area contributed by atoms with Gasteiger partial charge < -0.3 is 4.98 Å². The largest absolute Gasteiger partial charge is 0.404 e. The first kappa shape index (κ1) is 13.0. The molecule has 1 aromatic heterocycles. The molecule has 0 aromatic carbocycles. The van der Waals surface area contributed by atoms with Gasteiger partial charge in [0, 0.05) is 12.4 Å².